The number of thioether (sulfide) groups is 1. The van der Waals surface area contributed by atoms with Gasteiger partial charge in [-0.15, -0.1) is 0 Å². The first-order valence-electron chi connectivity index (χ1n) is 8.98. The Balaban J connectivity index is 1.41. The number of fused-ring (bicyclic) bond motifs is 1. The highest BCUT2D eigenvalue weighted by atomic mass is 32.2. The Bertz CT molecular complexity index is 963. The molecule has 3 N–H and O–H groups in total. The lowest BCUT2D eigenvalue weighted by Gasteiger charge is -2.26. The number of nitrogens with zero attached hydrogens (tertiary/aromatic N) is 2. The van der Waals surface area contributed by atoms with E-state index in [2.05, 4.69) is 10.3 Å². The molecule has 0 aliphatic heterocycles. The van der Waals surface area contributed by atoms with Crippen LogP contribution in [0.3, 0.4) is 0 Å². The number of hydrogen-bond acceptors (Lipinski definition) is 5. The van der Waals surface area contributed by atoms with Crippen LogP contribution in [0, 0.1) is 0 Å². The SMILES string of the molecule is Cn1ccnc1SCc1ccc(C(=O)NC2CCCc3cc(N)ccc32)o1. The molecule has 1 atom stereocenters. The predicted molar refractivity (Wildman–Crippen MR) is 105 cm³/mol. The molecular weight excluding hydrogens is 360 g/mol. The molecule has 1 unspecified atom stereocenters. The zero-order chi connectivity index (χ0) is 18.8. The van der Waals surface area contributed by atoms with Crippen molar-refractivity contribution in [2.45, 2.75) is 36.2 Å². The van der Waals surface area contributed by atoms with E-state index in [1.54, 1.807) is 24.0 Å². The molecule has 2 heterocycles. The van der Waals surface area contributed by atoms with E-state index >= 15 is 0 Å². The number of nitrogen functional groups attached to an aromatic ring is 1. The summed E-state index contributed by atoms with van der Waals surface area (Å²) in [4.78, 5) is 16.9. The van der Waals surface area contributed by atoms with Gasteiger partial charge in [-0.3, -0.25) is 4.79 Å². The Morgan fingerprint density at radius 3 is 3.11 bits per heavy atom. The molecule has 1 aliphatic rings. The maximum Gasteiger partial charge on any atom is 0.287 e. The first kappa shape index (κ1) is 17.7. The van der Waals surface area contributed by atoms with Crippen molar-refractivity contribution < 1.29 is 9.21 Å². The number of nitrogens with one attached hydrogen (secondary N) is 1. The summed E-state index contributed by atoms with van der Waals surface area (Å²) in [5.74, 6) is 1.54. The molecule has 0 saturated carbocycles. The van der Waals surface area contributed by atoms with Gasteiger partial charge < -0.3 is 20.0 Å². The molecule has 4 rings (SSSR count). The summed E-state index contributed by atoms with van der Waals surface area (Å²) in [6.45, 7) is 0. The van der Waals surface area contributed by atoms with Crippen LogP contribution in [0.1, 0.15) is 46.3 Å². The number of rotatable bonds is 5. The summed E-state index contributed by atoms with van der Waals surface area (Å²) in [6, 6.07) is 9.50. The van der Waals surface area contributed by atoms with Crippen molar-refractivity contribution in [2.75, 3.05) is 5.73 Å². The monoisotopic (exact) mass is 382 g/mol. The molecule has 6 nitrogen and oxygen atoms in total. The summed E-state index contributed by atoms with van der Waals surface area (Å²) in [6.07, 6.45) is 6.62. The Morgan fingerprint density at radius 1 is 1.41 bits per heavy atom. The molecule has 0 radical (unpaired) electrons. The number of amides is 1. The number of imidazole rings is 1. The van der Waals surface area contributed by atoms with E-state index in [4.69, 9.17) is 10.2 Å². The van der Waals surface area contributed by atoms with Gasteiger partial charge in [0.05, 0.1) is 11.8 Å². The summed E-state index contributed by atoms with van der Waals surface area (Å²) in [5, 5.41) is 4.02. The van der Waals surface area contributed by atoms with Crippen molar-refractivity contribution >= 4 is 23.4 Å². The van der Waals surface area contributed by atoms with Crippen molar-refractivity contribution in [3.8, 4) is 0 Å². The molecule has 27 heavy (non-hydrogen) atoms. The number of aryl methyl sites for hydroxylation is 2. The van der Waals surface area contributed by atoms with Gasteiger partial charge in [-0.1, -0.05) is 17.8 Å². The topological polar surface area (TPSA) is 86.1 Å². The van der Waals surface area contributed by atoms with Crippen LogP contribution in [0.15, 0.2) is 52.3 Å². The quantitative estimate of drug-likeness (QED) is 0.519. The van der Waals surface area contributed by atoms with Crippen LogP contribution < -0.4 is 11.1 Å². The lowest BCUT2D eigenvalue weighted by Crippen LogP contribution is -2.30. The number of anilines is 1. The van der Waals surface area contributed by atoms with Gasteiger partial charge in [0.25, 0.3) is 5.91 Å². The minimum absolute atomic E-state index is 0.00246. The van der Waals surface area contributed by atoms with E-state index in [1.807, 2.05) is 42.1 Å². The van der Waals surface area contributed by atoms with Gasteiger partial charge in [-0.25, -0.2) is 4.98 Å². The highest BCUT2D eigenvalue weighted by Gasteiger charge is 2.23. The van der Waals surface area contributed by atoms with Gasteiger partial charge in [0.1, 0.15) is 5.76 Å². The van der Waals surface area contributed by atoms with Gasteiger partial charge in [-0.05, 0) is 54.7 Å². The number of hydrogen-bond donors (Lipinski definition) is 2. The minimum Gasteiger partial charge on any atom is -0.455 e. The van der Waals surface area contributed by atoms with E-state index in [0.717, 1.165) is 41.4 Å². The molecule has 7 heteroatoms. The molecule has 1 aromatic carbocycles. The highest BCUT2D eigenvalue weighted by molar-refractivity contribution is 7.98. The number of benzene rings is 1. The zero-order valence-corrected chi connectivity index (χ0v) is 16.0. The largest absolute Gasteiger partial charge is 0.455 e. The number of carbonyl (C=O) groups excluding carboxylic acids is 1. The smallest absolute Gasteiger partial charge is 0.287 e. The first-order valence-corrected chi connectivity index (χ1v) is 9.97. The lowest BCUT2D eigenvalue weighted by atomic mass is 9.87. The summed E-state index contributed by atoms with van der Waals surface area (Å²) in [7, 11) is 1.95. The van der Waals surface area contributed by atoms with Crippen molar-refractivity contribution in [2.24, 2.45) is 7.05 Å². The van der Waals surface area contributed by atoms with Crippen LogP contribution in [0.5, 0.6) is 0 Å². The highest BCUT2D eigenvalue weighted by Crippen LogP contribution is 2.31. The Morgan fingerprint density at radius 2 is 2.30 bits per heavy atom. The summed E-state index contributed by atoms with van der Waals surface area (Å²) < 4.78 is 7.70. The van der Waals surface area contributed by atoms with Gasteiger partial charge in [0.2, 0.25) is 0 Å². The Kier molecular flexibility index (Phi) is 4.94. The first-order chi connectivity index (χ1) is 13.1. The van der Waals surface area contributed by atoms with Crippen molar-refractivity contribution in [3.05, 3.63) is 65.4 Å². The zero-order valence-electron chi connectivity index (χ0n) is 15.1. The fourth-order valence-corrected chi connectivity index (χ4v) is 4.24. The fraction of sp³-hybridized carbons (Fsp3) is 0.300. The molecule has 2 aromatic heterocycles. The van der Waals surface area contributed by atoms with Crippen LogP contribution in [-0.2, 0) is 19.2 Å². The third kappa shape index (κ3) is 3.88. The van der Waals surface area contributed by atoms with Crippen molar-refractivity contribution in [3.63, 3.8) is 0 Å². The number of aromatic nitrogens is 2. The second-order valence-electron chi connectivity index (χ2n) is 6.75. The van der Waals surface area contributed by atoms with E-state index in [9.17, 15) is 4.79 Å². The standard InChI is InChI=1S/C20H22N4O2S/c1-24-10-9-22-20(24)27-12-15-6-8-18(26-15)19(25)23-17-4-2-3-13-11-14(21)5-7-16(13)17/h5-11,17H,2-4,12,21H2,1H3,(H,23,25). The Labute approximate surface area is 162 Å². The fourth-order valence-electron chi connectivity index (χ4n) is 3.42. The molecule has 0 spiro atoms. The molecule has 0 bridgehead atoms. The molecule has 1 amide bonds. The normalized spacial score (nSPS) is 16.1. The van der Waals surface area contributed by atoms with E-state index in [-0.39, 0.29) is 11.9 Å². The average Bonchev–Trinajstić information content (AvgIpc) is 3.29. The van der Waals surface area contributed by atoms with Gasteiger partial charge in [0, 0.05) is 25.1 Å². The maximum absolute atomic E-state index is 12.6. The molecule has 3 aromatic rings. The van der Waals surface area contributed by atoms with Gasteiger partial charge in [0.15, 0.2) is 10.9 Å². The van der Waals surface area contributed by atoms with E-state index < -0.39 is 0 Å². The predicted octanol–water partition coefficient (Wildman–Crippen LogP) is 3.70. The number of nitrogens with two attached hydrogens (primary N) is 1. The number of furan rings is 1. The molecule has 140 valence electrons. The minimum atomic E-state index is -0.182. The lowest BCUT2D eigenvalue weighted by molar-refractivity contribution is 0.0903. The third-order valence-electron chi connectivity index (χ3n) is 4.79. The average molecular weight is 382 g/mol. The Hall–Kier alpha value is -2.67. The van der Waals surface area contributed by atoms with Crippen LogP contribution in [0.25, 0.3) is 0 Å². The second kappa shape index (κ2) is 7.52. The van der Waals surface area contributed by atoms with Crippen LogP contribution in [0.4, 0.5) is 5.69 Å². The van der Waals surface area contributed by atoms with E-state index in [0.29, 0.717) is 11.5 Å². The van der Waals surface area contributed by atoms with Crippen molar-refractivity contribution in [1.29, 1.82) is 0 Å². The van der Waals surface area contributed by atoms with Crippen LogP contribution in [0.2, 0.25) is 0 Å². The second-order valence-corrected chi connectivity index (χ2v) is 7.69. The molecule has 0 saturated heterocycles. The van der Waals surface area contributed by atoms with Crippen molar-refractivity contribution in [1.82, 2.24) is 14.9 Å². The van der Waals surface area contributed by atoms with Crippen LogP contribution in [-0.4, -0.2) is 15.5 Å². The van der Waals surface area contributed by atoms with Crippen LogP contribution >= 0.6 is 11.8 Å². The molecule has 1 aliphatic carbocycles. The molecule has 0 fully saturated rings. The van der Waals surface area contributed by atoms with Gasteiger partial charge >= 0.3 is 0 Å². The summed E-state index contributed by atoms with van der Waals surface area (Å²) >= 11 is 1.57. The number of carbonyl (C=O) groups is 1. The molecular formula is C20H22N4O2S. The third-order valence-corrected chi connectivity index (χ3v) is 5.87. The van der Waals surface area contributed by atoms with Gasteiger partial charge in [-0.2, -0.15) is 0 Å². The summed E-state index contributed by atoms with van der Waals surface area (Å²) in [5.41, 5.74) is 9.02. The van der Waals surface area contributed by atoms with E-state index in [1.165, 1.54) is 5.56 Å². The maximum atomic E-state index is 12.6.